The van der Waals surface area contributed by atoms with E-state index in [1.807, 2.05) is 24.5 Å². The highest BCUT2D eigenvalue weighted by atomic mass is 16.1. The molecule has 3 heteroatoms. The van der Waals surface area contributed by atoms with Crippen LogP contribution >= 0.6 is 0 Å². The maximum atomic E-state index is 12.2. The molecule has 0 saturated heterocycles. The molecule has 0 aliphatic heterocycles. The topological polar surface area (TPSA) is 34.9 Å². The van der Waals surface area contributed by atoms with Gasteiger partial charge in [0.25, 0.3) is 0 Å². The van der Waals surface area contributed by atoms with E-state index in [0.29, 0.717) is 5.78 Å². The molecule has 1 aliphatic carbocycles. The molecule has 100 valence electrons. The van der Waals surface area contributed by atoms with E-state index in [1.165, 1.54) is 12.8 Å². The second kappa shape index (κ2) is 5.16. The summed E-state index contributed by atoms with van der Waals surface area (Å²) >= 11 is 0. The standard InChI is InChI=1S/C16H20N2O/c1-12-14(8-3-2-4-10-16(12)19)18-11-17-13-7-5-6-9-15(13)18/h5-7,9,11-12,14H,2-4,8,10H2,1H3/t12-,14-/m0/s1. The van der Waals surface area contributed by atoms with Crippen molar-refractivity contribution in [2.45, 2.75) is 45.1 Å². The zero-order chi connectivity index (χ0) is 13.2. The maximum Gasteiger partial charge on any atom is 0.137 e. The second-order valence-corrected chi connectivity index (χ2v) is 5.56. The first kappa shape index (κ1) is 12.4. The number of rotatable bonds is 1. The largest absolute Gasteiger partial charge is 0.327 e. The van der Waals surface area contributed by atoms with Gasteiger partial charge in [-0.15, -0.1) is 0 Å². The fourth-order valence-electron chi connectivity index (χ4n) is 3.14. The third-order valence-electron chi connectivity index (χ3n) is 4.35. The van der Waals surface area contributed by atoms with Gasteiger partial charge in [0.05, 0.1) is 17.4 Å². The molecular formula is C16H20N2O. The van der Waals surface area contributed by atoms with Crippen molar-refractivity contribution < 1.29 is 4.79 Å². The van der Waals surface area contributed by atoms with Gasteiger partial charge in [-0.2, -0.15) is 0 Å². The number of carbonyl (C=O) groups excluding carboxylic acids is 1. The molecule has 0 unspecified atom stereocenters. The molecule has 2 aromatic rings. The maximum absolute atomic E-state index is 12.2. The second-order valence-electron chi connectivity index (χ2n) is 5.56. The molecule has 1 heterocycles. The molecule has 0 spiro atoms. The molecule has 0 radical (unpaired) electrons. The predicted octanol–water partition coefficient (Wildman–Crippen LogP) is 3.75. The van der Waals surface area contributed by atoms with Crippen molar-refractivity contribution in [1.29, 1.82) is 0 Å². The molecule has 0 amide bonds. The molecule has 1 aromatic carbocycles. The summed E-state index contributed by atoms with van der Waals surface area (Å²) in [5.74, 6) is 0.500. The smallest absolute Gasteiger partial charge is 0.137 e. The molecule has 3 rings (SSSR count). The number of para-hydroxylation sites is 2. The Bertz CT molecular complexity index is 587. The highest BCUT2D eigenvalue weighted by molar-refractivity contribution is 5.82. The summed E-state index contributed by atoms with van der Waals surface area (Å²) in [5, 5.41) is 0. The van der Waals surface area contributed by atoms with Gasteiger partial charge in [0, 0.05) is 18.4 Å². The van der Waals surface area contributed by atoms with Gasteiger partial charge in [-0.05, 0) is 25.0 Å². The van der Waals surface area contributed by atoms with Crippen molar-refractivity contribution in [1.82, 2.24) is 9.55 Å². The number of aromatic nitrogens is 2. The number of carbonyl (C=O) groups is 1. The van der Waals surface area contributed by atoms with Crippen LogP contribution in [-0.2, 0) is 4.79 Å². The molecule has 1 saturated carbocycles. The van der Waals surface area contributed by atoms with Crippen LogP contribution in [0.5, 0.6) is 0 Å². The van der Waals surface area contributed by atoms with Crippen molar-refractivity contribution in [3.8, 4) is 0 Å². The van der Waals surface area contributed by atoms with Gasteiger partial charge in [-0.1, -0.05) is 31.9 Å². The Morgan fingerprint density at radius 3 is 2.95 bits per heavy atom. The summed E-state index contributed by atoms with van der Waals surface area (Å²) in [6, 6.07) is 8.43. The quantitative estimate of drug-likeness (QED) is 0.779. The Morgan fingerprint density at radius 2 is 2.05 bits per heavy atom. The highest BCUT2D eigenvalue weighted by Crippen LogP contribution is 2.31. The lowest BCUT2D eigenvalue weighted by molar-refractivity contribution is -0.124. The Balaban J connectivity index is 2.00. The van der Waals surface area contributed by atoms with Gasteiger partial charge < -0.3 is 4.57 Å². The first-order chi connectivity index (χ1) is 9.27. The predicted molar refractivity (Wildman–Crippen MR) is 76.0 cm³/mol. The summed E-state index contributed by atoms with van der Waals surface area (Å²) < 4.78 is 2.21. The van der Waals surface area contributed by atoms with E-state index in [-0.39, 0.29) is 12.0 Å². The summed E-state index contributed by atoms with van der Waals surface area (Å²) in [5.41, 5.74) is 2.16. The highest BCUT2D eigenvalue weighted by Gasteiger charge is 2.27. The fourth-order valence-corrected chi connectivity index (χ4v) is 3.14. The molecule has 3 nitrogen and oxygen atoms in total. The molecule has 0 N–H and O–H groups in total. The summed E-state index contributed by atoms with van der Waals surface area (Å²) in [7, 11) is 0. The Hall–Kier alpha value is -1.64. The van der Waals surface area contributed by atoms with Gasteiger partial charge in [0.1, 0.15) is 5.78 Å². The number of hydrogen-bond acceptors (Lipinski definition) is 2. The van der Waals surface area contributed by atoms with E-state index >= 15 is 0 Å². The zero-order valence-corrected chi connectivity index (χ0v) is 11.4. The summed E-state index contributed by atoms with van der Waals surface area (Å²) in [6.07, 6.45) is 7.15. The lowest BCUT2D eigenvalue weighted by Crippen LogP contribution is -2.25. The number of hydrogen-bond donors (Lipinski definition) is 0. The van der Waals surface area contributed by atoms with Gasteiger partial charge in [-0.25, -0.2) is 4.98 Å². The van der Waals surface area contributed by atoms with Gasteiger partial charge in [-0.3, -0.25) is 4.79 Å². The molecule has 0 bridgehead atoms. The Labute approximate surface area is 113 Å². The van der Waals surface area contributed by atoms with E-state index in [9.17, 15) is 4.79 Å². The number of imidazole rings is 1. The van der Waals surface area contributed by atoms with Crippen molar-refractivity contribution in [3.05, 3.63) is 30.6 Å². The van der Waals surface area contributed by atoms with Crippen molar-refractivity contribution in [2.75, 3.05) is 0 Å². The molecule has 2 atom stereocenters. The first-order valence-corrected chi connectivity index (χ1v) is 7.21. The van der Waals surface area contributed by atoms with Crippen LogP contribution in [0.4, 0.5) is 0 Å². The summed E-state index contributed by atoms with van der Waals surface area (Å²) in [4.78, 5) is 16.6. The van der Waals surface area contributed by atoms with Crippen molar-refractivity contribution in [3.63, 3.8) is 0 Å². The van der Waals surface area contributed by atoms with Crippen LogP contribution in [0.2, 0.25) is 0 Å². The number of Topliss-reactive ketones (excluding diaryl/α,β-unsaturated/α-hetero) is 1. The fraction of sp³-hybridized carbons (Fsp3) is 0.500. The van der Waals surface area contributed by atoms with E-state index in [4.69, 9.17) is 0 Å². The van der Waals surface area contributed by atoms with Gasteiger partial charge in [0.15, 0.2) is 0 Å². The van der Waals surface area contributed by atoms with Gasteiger partial charge >= 0.3 is 0 Å². The van der Waals surface area contributed by atoms with Crippen LogP contribution in [0, 0.1) is 5.92 Å². The van der Waals surface area contributed by atoms with E-state index in [0.717, 1.165) is 30.3 Å². The molecule has 19 heavy (non-hydrogen) atoms. The molecule has 1 aromatic heterocycles. The lowest BCUT2D eigenvalue weighted by Gasteiger charge is -2.27. The lowest BCUT2D eigenvalue weighted by atomic mass is 9.87. The molecule has 1 aliphatic rings. The molecular weight excluding hydrogens is 236 g/mol. The van der Waals surface area contributed by atoms with Crippen molar-refractivity contribution >= 4 is 16.8 Å². The van der Waals surface area contributed by atoms with E-state index < -0.39 is 0 Å². The number of nitrogens with zero attached hydrogens (tertiary/aromatic N) is 2. The van der Waals surface area contributed by atoms with Crippen LogP contribution in [0.15, 0.2) is 30.6 Å². The third kappa shape index (κ3) is 2.29. The monoisotopic (exact) mass is 256 g/mol. The van der Waals surface area contributed by atoms with Crippen LogP contribution in [0.3, 0.4) is 0 Å². The Kier molecular flexibility index (Phi) is 3.36. The van der Waals surface area contributed by atoms with Crippen LogP contribution in [-0.4, -0.2) is 15.3 Å². The van der Waals surface area contributed by atoms with Crippen LogP contribution in [0.25, 0.3) is 11.0 Å². The Morgan fingerprint density at radius 1 is 1.21 bits per heavy atom. The van der Waals surface area contributed by atoms with E-state index in [1.54, 1.807) is 0 Å². The minimum atomic E-state index is 0.0953. The van der Waals surface area contributed by atoms with Crippen LogP contribution < -0.4 is 0 Å². The van der Waals surface area contributed by atoms with Crippen LogP contribution in [0.1, 0.15) is 45.1 Å². The minimum absolute atomic E-state index is 0.0953. The first-order valence-electron chi connectivity index (χ1n) is 7.21. The van der Waals surface area contributed by atoms with Crippen molar-refractivity contribution in [2.24, 2.45) is 5.92 Å². The number of ketones is 1. The minimum Gasteiger partial charge on any atom is -0.327 e. The SMILES string of the molecule is C[C@@H]1C(=O)CCCCC[C@@H]1n1cnc2ccccc21. The summed E-state index contributed by atoms with van der Waals surface area (Å²) in [6.45, 7) is 2.08. The average molecular weight is 256 g/mol. The zero-order valence-electron chi connectivity index (χ0n) is 11.4. The number of fused-ring (bicyclic) bond motifs is 1. The normalized spacial score (nSPS) is 25.2. The third-order valence-corrected chi connectivity index (χ3v) is 4.35. The van der Waals surface area contributed by atoms with Gasteiger partial charge in [0.2, 0.25) is 0 Å². The van der Waals surface area contributed by atoms with E-state index in [2.05, 4.69) is 22.5 Å². The molecule has 1 fully saturated rings. The average Bonchev–Trinajstić information content (AvgIpc) is 2.84. The number of benzene rings is 1.